The first-order chi connectivity index (χ1) is 20.0. The number of hydrogen-bond donors (Lipinski definition) is 3. The number of para-hydroxylation sites is 1. The molecule has 0 bridgehead atoms. The minimum Gasteiger partial charge on any atom is -0.507 e. The number of nitrogen functional groups attached to an aromatic ring is 1. The topological polar surface area (TPSA) is 97.0 Å². The highest BCUT2D eigenvalue weighted by molar-refractivity contribution is 5.74. The molecule has 6 rings (SSSR count). The number of aromatic hydroxyl groups is 1. The van der Waals surface area contributed by atoms with Gasteiger partial charge in [0.2, 0.25) is 0 Å². The van der Waals surface area contributed by atoms with E-state index >= 15 is 4.39 Å². The van der Waals surface area contributed by atoms with Crippen LogP contribution in [-0.2, 0) is 6.54 Å². The van der Waals surface area contributed by atoms with Crippen molar-refractivity contribution in [2.24, 2.45) is 5.92 Å². The molecular formula is C31H41FN8O. The van der Waals surface area contributed by atoms with Gasteiger partial charge in [0.1, 0.15) is 11.6 Å². The van der Waals surface area contributed by atoms with Crippen molar-refractivity contribution in [3.05, 3.63) is 59.9 Å². The van der Waals surface area contributed by atoms with Crippen LogP contribution in [-0.4, -0.2) is 97.1 Å². The molecule has 41 heavy (non-hydrogen) atoms. The highest BCUT2D eigenvalue weighted by atomic mass is 19.1. The summed E-state index contributed by atoms with van der Waals surface area (Å²) in [4.78, 5) is 9.35. The van der Waals surface area contributed by atoms with Crippen LogP contribution in [0.4, 0.5) is 21.6 Å². The molecule has 0 radical (unpaired) electrons. The van der Waals surface area contributed by atoms with Gasteiger partial charge in [0, 0.05) is 84.1 Å². The second-order valence-electron chi connectivity index (χ2n) is 11.5. The number of piperidine rings is 1. The predicted molar refractivity (Wildman–Crippen MR) is 162 cm³/mol. The number of nitrogens with one attached hydrogen (secondary N) is 1. The SMILES string of the molecule is Nc1nnc(-c2ccccc2O)cc1N1CCN(Cc2ccc(N3CCC(CN4CCNCC4)CC3)c(F)c2)CC1. The Morgan fingerprint density at radius 1 is 0.829 bits per heavy atom. The van der Waals surface area contributed by atoms with E-state index in [0.717, 1.165) is 95.2 Å². The zero-order chi connectivity index (χ0) is 28.2. The summed E-state index contributed by atoms with van der Waals surface area (Å²) in [6.07, 6.45) is 2.25. The van der Waals surface area contributed by atoms with Gasteiger partial charge in [-0.1, -0.05) is 18.2 Å². The molecule has 2 aromatic carbocycles. The summed E-state index contributed by atoms with van der Waals surface area (Å²) in [5, 5.41) is 22.0. The molecule has 3 aliphatic heterocycles. The molecule has 3 aromatic rings. The standard InChI is InChI=1S/C31H41FN8O/c32-26-19-24(5-6-28(26)39-11-7-23(8-12-39)21-37-13-9-34-10-14-37)22-38-15-17-40(18-16-38)29-20-27(35-36-31(29)33)25-3-1-2-4-30(25)41/h1-6,19-20,23,34,41H,7-18,21-22H2,(H2,33,36). The molecule has 3 fully saturated rings. The Bertz CT molecular complexity index is 1320. The molecule has 3 aliphatic rings. The first kappa shape index (κ1) is 27.7. The Balaban J connectivity index is 1.01. The normalized spacial score (nSPS) is 19.5. The molecule has 0 amide bonds. The summed E-state index contributed by atoms with van der Waals surface area (Å²) in [5.74, 6) is 1.13. The van der Waals surface area contributed by atoms with E-state index in [1.807, 2.05) is 24.3 Å². The third-order valence-corrected chi connectivity index (χ3v) is 8.79. The molecule has 0 saturated carbocycles. The number of nitrogens with two attached hydrogens (primary N) is 1. The van der Waals surface area contributed by atoms with Crippen LogP contribution in [0, 0.1) is 11.7 Å². The molecule has 218 valence electrons. The molecular weight excluding hydrogens is 519 g/mol. The minimum absolute atomic E-state index is 0.117. The largest absolute Gasteiger partial charge is 0.507 e. The van der Waals surface area contributed by atoms with Crippen LogP contribution >= 0.6 is 0 Å². The maximum Gasteiger partial charge on any atom is 0.169 e. The summed E-state index contributed by atoms with van der Waals surface area (Å²) in [6.45, 7) is 11.4. The average Bonchev–Trinajstić information content (AvgIpc) is 3.00. The number of benzene rings is 2. The molecule has 0 aliphatic carbocycles. The number of aromatic nitrogens is 2. The van der Waals surface area contributed by atoms with E-state index in [0.29, 0.717) is 29.5 Å². The van der Waals surface area contributed by atoms with Crippen LogP contribution in [0.25, 0.3) is 11.3 Å². The highest BCUT2D eigenvalue weighted by Gasteiger charge is 2.25. The highest BCUT2D eigenvalue weighted by Crippen LogP contribution is 2.32. The van der Waals surface area contributed by atoms with E-state index in [1.54, 1.807) is 18.2 Å². The number of hydrogen-bond acceptors (Lipinski definition) is 9. The zero-order valence-electron chi connectivity index (χ0n) is 23.7. The van der Waals surface area contributed by atoms with Crippen LogP contribution in [0.2, 0.25) is 0 Å². The van der Waals surface area contributed by atoms with Crippen molar-refractivity contribution in [2.75, 3.05) is 87.5 Å². The van der Waals surface area contributed by atoms with E-state index in [9.17, 15) is 5.11 Å². The van der Waals surface area contributed by atoms with Crippen molar-refractivity contribution in [1.82, 2.24) is 25.3 Å². The second-order valence-corrected chi connectivity index (χ2v) is 11.5. The Labute approximate surface area is 241 Å². The van der Waals surface area contributed by atoms with E-state index in [4.69, 9.17) is 5.73 Å². The van der Waals surface area contributed by atoms with E-state index in [2.05, 4.69) is 41.2 Å². The van der Waals surface area contributed by atoms with Gasteiger partial charge in [-0.05, 0) is 54.7 Å². The molecule has 0 atom stereocenters. The van der Waals surface area contributed by atoms with Gasteiger partial charge in [-0.15, -0.1) is 10.2 Å². The van der Waals surface area contributed by atoms with E-state index in [1.165, 1.54) is 6.54 Å². The number of phenols is 1. The molecule has 9 nitrogen and oxygen atoms in total. The first-order valence-electron chi connectivity index (χ1n) is 14.9. The number of nitrogens with zero attached hydrogens (tertiary/aromatic N) is 6. The van der Waals surface area contributed by atoms with Gasteiger partial charge in [-0.3, -0.25) is 4.90 Å². The summed E-state index contributed by atoms with van der Waals surface area (Å²) in [5.41, 5.74) is 9.98. The first-order valence-corrected chi connectivity index (χ1v) is 14.9. The lowest BCUT2D eigenvalue weighted by atomic mass is 9.95. The van der Waals surface area contributed by atoms with Gasteiger partial charge in [0.05, 0.1) is 17.1 Å². The molecule has 1 aromatic heterocycles. The van der Waals surface area contributed by atoms with E-state index < -0.39 is 0 Å². The summed E-state index contributed by atoms with van der Waals surface area (Å²) < 4.78 is 15.3. The lowest BCUT2D eigenvalue weighted by Crippen LogP contribution is -2.47. The number of rotatable bonds is 7. The number of piperazine rings is 2. The van der Waals surface area contributed by atoms with Crippen LogP contribution in [0.1, 0.15) is 18.4 Å². The monoisotopic (exact) mass is 560 g/mol. The summed E-state index contributed by atoms with van der Waals surface area (Å²) in [6, 6.07) is 14.8. The zero-order valence-corrected chi connectivity index (χ0v) is 23.7. The Kier molecular flexibility index (Phi) is 8.50. The number of anilines is 3. The van der Waals surface area contributed by atoms with Crippen LogP contribution in [0.5, 0.6) is 5.75 Å². The lowest BCUT2D eigenvalue weighted by Gasteiger charge is -2.37. The molecule has 3 saturated heterocycles. The maximum atomic E-state index is 15.3. The Hall–Kier alpha value is -3.47. The summed E-state index contributed by atoms with van der Waals surface area (Å²) in [7, 11) is 0. The third kappa shape index (κ3) is 6.55. The van der Waals surface area contributed by atoms with Crippen LogP contribution < -0.4 is 20.9 Å². The lowest BCUT2D eigenvalue weighted by molar-refractivity contribution is 0.190. The van der Waals surface area contributed by atoms with Crippen LogP contribution in [0.3, 0.4) is 0 Å². The molecule has 0 unspecified atom stereocenters. The second kappa shape index (κ2) is 12.6. The fourth-order valence-corrected chi connectivity index (χ4v) is 6.39. The maximum absolute atomic E-state index is 15.3. The van der Waals surface area contributed by atoms with Gasteiger partial charge in [-0.2, -0.15) is 0 Å². The Morgan fingerprint density at radius 3 is 2.29 bits per heavy atom. The average molecular weight is 561 g/mol. The molecule has 10 heteroatoms. The van der Waals surface area contributed by atoms with Gasteiger partial charge in [0.15, 0.2) is 5.82 Å². The fourth-order valence-electron chi connectivity index (χ4n) is 6.39. The smallest absolute Gasteiger partial charge is 0.169 e. The molecule has 0 spiro atoms. The van der Waals surface area contributed by atoms with Gasteiger partial charge in [0.25, 0.3) is 0 Å². The van der Waals surface area contributed by atoms with Gasteiger partial charge in [-0.25, -0.2) is 4.39 Å². The molecule has 4 heterocycles. The van der Waals surface area contributed by atoms with Gasteiger partial charge >= 0.3 is 0 Å². The summed E-state index contributed by atoms with van der Waals surface area (Å²) >= 11 is 0. The van der Waals surface area contributed by atoms with Crippen molar-refractivity contribution < 1.29 is 9.50 Å². The Morgan fingerprint density at radius 2 is 1.56 bits per heavy atom. The predicted octanol–water partition coefficient (Wildman–Crippen LogP) is 3.01. The number of phenolic OH excluding ortho intramolecular Hbond substituents is 1. The van der Waals surface area contributed by atoms with Crippen molar-refractivity contribution >= 4 is 17.2 Å². The fraction of sp³-hybridized carbons (Fsp3) is 0.484. The van der Waals surface area contributed by atoms with Crippen molar-refractivity contribution in [3.8, 4) is 17.0 Å². The van der Waals surface area contributed by atoms with Gasteiger partial charge < -0.3 is 30.9 Å². The van der Waals surface area contributed by atoms with Crippen molar-refractivity contribution in [1.29, 1.82) is 0 Å². The number of halogens is 1. The third-order valence-electron chi connectivity index (χ3n) is 8.79. The molecule has 4 N–H and O–H groups in total. The minimum atomic E-state index is -0.117. The van der Waals surface area contributed by atoms with Crippen LogP contribution in [0.15, 0.2) is 48.5 Å². The van der Waals surface area contributed by atoms with E-state index in [-0.39, 0.29) is 11.6 Å². The van der Waals surface area contributed by atoms with Crippen molar-refractivity contribution in [3.63, 3.8) is 0 Å². The quantitative estimate of drug-likeness (QED) is 0.403. The van der Waals surface area contributed by atoms with Crippen molar-refractivity contribution in [2.45, 2.75) is 19.4 Å².